The summed E-state index contributed by atoms with van der Waals surface area (Å²) in [5.74, 6) is -0.292. The Kier molecular flexibility index (Phi) is 8.04. The van der Waals surface area contributed by atoms with Gasteiger partial charge in [-0.3, -0.25) is 19.0 Å². The van der Waals surface area contributed by atoms with Crippen LogP contribution in [0.15, 0.2) is 48.5 Å². The first-order valence-electron chi connectivity index (χ1n) is 11.0. The van der Waals surface area contributed by atoms with Crippen molar-refractivity contribution in [3.8, 4) is 5.75 Å². The number of fused-ring (bicyclic) bond motifs is 1. The fraction of sp³-hybridized carbons (Fsp3) is 0.320. The standard InChI is InChI=1S/C25H30N4O5/c1-15(26)24(32)28-14-18(30)13-27-23(31)12-20-16(2)29(25(33)17-7-5-4-6-8-17)22-10-9-19(34-3)11-21(20)22/h4-11,15,18,30H,12-14,26H2,1-3H3,(H,27,31)(H,28,32)/t15-,18?/m0/s1. The van der Waals surface area contributed by atoms with Crippen molar-refractivity contribution in [3.63, 3.8) is 0 Å². The highest BCUT2D eigenvalue weighted by molar-refractivity contribution is 6.05. The summed E-state index contributed by atoms with van der Waals surface area (Å²) in [6.07, 6.45) is -0.961. The highest BCUT2D eigenvalue weighted by Crippen LogP contribution is 2.30. The first-order valence-corrected chi connectivity index (χ1v) is 11.0. The van der Waals surface area contributed by atoms with E-state index >= 15 is 0 Å². The van der Waals surface area contributed by atoms with E-state index < -0.39 is 12.1 Å². The Morgan fingerprint density at radius 1 is 1.09 bits per heavy atom. The number of amides is 2. The number of aliphatic hydroxyl groups is 1. The molecule has 1 aromatic heterocycles. The summed E-state index contributed by atoms with van der Waals surface area (Å²) in [6, 6.07) is 13.6. The average Bonchev–Trinajstić information content (AvgIpc) is 3.11. The van der Waals surface area contributed by atoms with Crippen LogP contribution in [-0.4, -0.2) is 59.7 Å². The quantitative estimate of drug-likeness (QED) is 0.373. The molecule has 2 amide bonds. The Bertz CT molecular complexity index is 1190. The van der Waals surface area contributed by atoms with E-state index in [-0.39, 0.29) is 37.2 Å². The molecule has 0 radical (unpaired) electrons. The van der Waals surface area contributed by atoms with Crippen molar-refractivity contribution < 1.29 is 24.2 Å². The zero-order valence-corrected chi connectivity index (χ0v) is 19.5. The molecule has 5 N–H and O–H groups in total. The van der Waals surface area contributed by atoms with Gasteiger partial charge in [-0.25, -0.2) is 0 Å². The molecule has 0 aliphatic rings. The van der Waals surface area contributed by atoms with Crippen LogP contribution < -0.4 is 21.1 Å². The lowest BCUT2D eigenvalue weighted by Crippen LogP contribution is -2.44. The topological polar surface area (TPSA) is 136 Å². The predicted molar refractivity (Wildman–Crippen MR) is 129 cm³/mol. The number of methoxy groups -OCH3 is 1. The van der Waals surface area contributed by atoms with Crippen LogP contribution in [0.25, 0.3) is 10.9 Å². The zero-order chi connectivity index (χ0) is 24.8. The Hall–Kier alpha value is -3.69. The van der Waals surface area contributed by atoms with Crippen molar-refractivity contribution >= 4 is 28.6 Å². The molecule has 2 aromatic carbocycles. The number of nitrogens with zero attached hydrogens (tertiary/aromatic N) is 1. The summed E-state index contributed by atoms with van der Waals surface area (Å²) in [5, 5.41) is 16.0. The second-order valence-corrected chi connectivity index (χ2v) is 8.12. The SMILES string of the molecule is COc1ccc2c(c1)c(CC(=O)NCC(O)CNC(=O)[C@H](C)N)c(C)n2C(=O)c1ccccc1. The summed E-state index contributed by atoms with van der Waals surface area (Å²) in [5.41, 5.74) is 8.02. The molecule has 0 fully saturated rings. The summed E-state index contributed by atoms with van der Waals surface area (Å²) in [4.78, 5) is 37.5. The summed E-state index contributed by atoms with van der Waals surface area (Å²) < 4.78 is 6.95. The van der Waals surface area contributed by atoms with Crippen molar-refractivity contribution in [2.24, 2.45) is 5.73 Å². The van der Waals surface area contributed by atoms with Gasteiger partial charge in [0.15, 0.2) is 0 Å². The van der Waals surface area contributed by atoms with Gasteiger partial charge in [-0.2, -0.15) is 0 Å². The van der Waals surface area contributed by atoms with Crippen LogP contribution >= 0.6 is 0 Å². The van der Waals surface area contributed by atoms with Crippen molar-refractivity contribution in [3.05, 3.63) is 65.4 Å². The molecule has 9 heteroatoms. The van der Waals surface area contributed by atoms with E-state index in [4.69, 9.17) is 10.5 Å². The van der Waals surface area contributed by atoms with E-state index in [1.807, 2.05) is 6.07 Å². The van der Waals surface area contributed by atoms with Crippen LogP contribution in [0.3, 0.4) is 0 Å². The fourth-order valence-electron chi connectivity index (χ4n) is 3.69. The first-order chi connectivity index (χ1) is 16.2. The number of carbonyl (C=O) groups is 3. The number of aliphatic hydroxyl groups excluding tert-OH is 1. The zero-order valence-electron chi connectivity index (χ0n) is 19.5. The summed E-state index contributed by atoms with van der Waals surface area (Å²) >= 11 is 0. The molecular formula is C25H30N4O5. The van der Waals surface area contributed by atoms with Crippen LogP contribution in [0.2, 0.25) is 0 Å². The molecule has 180 valence electrons. The number of hydrogen-bond donors (Lipinski definition) is 4. The van der Waals surface area contributed by atoms with E-state index in [1.54, 1.807) is 68.0 Å². The van der Waals surface area contributed by atoms with Crippen LogP contribution in [0.5, 0.6) is 5.75 Å². The highest BCUT2D eigenvalue weighted by Gasteiger charge is 2.22. The van der Waals surface area contributed by atoms with E-state index in [2.05, 4.69) is 10.6 Å². The van der Waals surface area contributed by atoms with E-state index in [9.17, 15) is 19.5 Å². The van der Waals surface area contributed by atoms with Gasteiger partial charge in [-0.05, 0) is 49.7 Å². The normalized spacial score (nSPS) is 12.7. The van der Waals surface area contributed by atoms with Gasteiger partial charge in [0, 0.05) is 29.7 Å². The van der Waals surface area contributed by atoms with Crippen molar-refractivity contribution in [1.82, 2.24) is 15.2 Å². The summed E-state index contributed by atoms with van der Waals surface area (Å²) in [6.45, 7) is 3.28. The van der Waals surface area contributed by atoms with Crippen LogP contribution in [0.4, 0.5) is 0 Å². The Balaban J connectivity index is 1.81. The number of ether oxygens (including phenoxy) is 1. The molecule has 0 aliphatic carbocycles. The van der Waals surface area contributed by atoms with Gasteiger partial charge >= 0.3 is 0 Å². The largest absolute Gasteiger partial charge is 0.497 e. The van der Waals surface area contributed by atoms with Crippen LogP contribution in [-0.2, 0) is 16.0 Å². The molecule has 2 atom stereocenters. The van der Waals surface area contributed by atoms with Gasteiger partial charge < -0.3 is 26.2 Å². The number of nitrogens with one attached hydrogen (secondary N) is 2. The van der Waals surface area contributed by atoms with Gasteiger partial charge in [-0.15, -0.1) is 0 Å². The lowest BCUT2D eigenvalue weighted by Gasteiger charge is -2.14. The third kappa shape index (κ3) is 5.62. The molecule has 0 bridgehead atoms. The van der Waals surface area contributed by atoms with Crippen LogP contribution in [0.1, 0.15) is 28.5 Å². The second kappa shape index (κ2) is 11.0. The molecule has 1 heterocycles. The lowest BCUT2D eigenvalue weighted by atomic mass is 10.1. The number of rotatable bonds is 9. The number of carbonyl (C=O) groups excluding carboxylic acids is 3. The van der Waals surface area contributed by atoms with E-state index in [1.165, 1.54) is 0 Å². The van der Waals surface area contributed by atoms with Gasteiger partial charge in [0.1, 0.15) is 5.75 Å². The monoisotopic (exact) mass is 466 g/mol. The molecule has 34 heavy (non-hydrogen) atoms. The maximum absolute atomic E-state index is 13.3. The number of hydrogen-bond acceptors (Lipinski definition) is 6. The van der Waals surface area contributed by atoms with E-state index in [0.29, 0.717) is 28.1 Å². The van der Waals surface area contributed by atoms with Gasteiger partial charge in [-0.1, -0.05) is 18.2 Å². The minimum atomic E-state index is -0.964. The summed E-state index contributed by atoms with van der Waals surface area (Å²) in [7, 11) is 1.55. The molecule has 0 aliphatic heterocycles. The number of nitrogens with two attached hydrogens (primary N) is 1. The molecule has 0 saturated heterocycles. The molecule has 9 nitrogen and oxygen atoms in total. The smallest absolute Gasteiger partial charge is 0.262 e. The molecule has 3 aromatic rings. The molecule has 3 rings (SSSR count). The Labute approximate surface area is 197 Å². The maximum atomic E-state index is 13.3. The fourth-order valence-corrected chi connectivity index (χ4v) is 3.69. The molecule has 1 unspecified atom stereocenters. The van der Waals surface area contributed by atoms with Crippen LogP contribution in [0, 0.1) is 6.92 Å². The van der Waals surface area contributed by atoms with Crippen molar-refractivity contribution in [2.45, 2.75) is 32.4 Å². The number of benzene rings is 2. The Morgan fingerprint density at radius 2 is 1.76 bits per heavy atom. The van der Waals surface area contributed by atoms with Gasteiger partial charge in [0.2, 0.25) is 11.8 Å². The third-order valence-electron chi connectivity index (χ3n) is 5.56. The number of aromatic nitrogens is 1. The van der Waals surface area contributed by atoms with Gasteiger partial charge in [0.05, 0.1) is 31.2 Å². The Morgan fingerprint density at radius 3 is 2.41 bits per heavy atom. The molecule has 0 spiro atoms. The molecule has 0 saturated carbocycles. The minimum absolute atomic E-state index is 0.00346. The van der Waals surface area contributed by atoms with Gasteiger partial charge in [0.25, 0.3) is 5.91 Å². The highest BCUT2D eigenvalue weighted by atomic mass is 16.5. The van der Waals surface area contributed by atoms with Crippen molar-refractivity contribution in [2.75, 3.05) is 20.2 Å². The average molecular weight is 467 g/mol. The maximum Gasteiger partial charge on any atom is 0.262 e. The lowest BCUT2D eigenvalue weighted by molar-refractivity contribution is -0.122. The predicted octanol–water partition coefficient (Wildman–Crippen LogP) is 1.13. The van der Waals surface area contributed by atoms with E-state index in [0.717, 1.165) is 5.39 Å². The first kappa shape index (κ1) is 24.9. The minimum Gasteiger partial charge on any atom is -0.497 e. The molecular weight excluding hydrogens is 436 g/mol. The second-order valence-electron chi connectivity index (χ2n) is 8.12. The van der Waals surface area contributed by atoms with Crippen molar-refractivity contribution in [1.29, 1.82) is 0 Å². The third-order valence-corrected chi connectivity index (χ3v) is 5.56.